The van der Waals surface area contributed by atoms with Crippen molar-refractivity contribution in [1.29, 1.82) is 0 Å². The summed E-state index contributed by atoms with van der Waals surface area (Å²) in [5, 5.41) is 2.42. The Bertz CT molecular complexity index is 619. The van der Waals surface area contributed by atoms with Gasteiger partial charge in [-0.1, -0.05) is 6.92 Å². The average molecular weight is 301 g/mol. The van der Waals surface area contributed by atoms with E-state index in [1.165, 1.54) is 17.4 Å². The summed E-state index contributed by atoms with van der Waals surface area (Å²) in [6.45, 7) is 2.06. The molecular formula is C11H15N3O3S2. The number of rotatable bonds is 6. The van der Waals surface area contributed by atoms with Crippen LogP contribution in [0.25, 0.3) is 0 Å². The number of hydrogen-bond acceptors (Lipinski definition) is 6. The third-order valence-corrected chi connectivity index (χ3v) is 4.79. The van der Waals surface area contributed by atoms with Crippen LogP contribution in [-0.4, -0.2) is 13.4 Å². The Labute approximate surface area is 115 Å². The molecule has 0 saturated carbocycles. The van der Waals surface area contributed by atoms with Gasteiger partial charge in [-0.05, 0) is 18.6 Å². The second-order valence-corrected chi connectivity index (χ2v) is 6.45. The first kappa shape index (κ1) is 14.2. The van der Waals surface area contributed by atoms with Crippen LogP contribution in [0.1, 0.15) is 30.2 Å². The fourth-order valence-electron chi connectivity index (χ4n) is 1.57. The zero-order chi connectivity index (χ0) is 13.9. The van der Waals surface area contributed by atoms with Crippen molar-refractivity contribution < 1.29 is 12.8 Å². The number of nitrogens with one attached hydrogen (secondary N) is 1. The molecule has 19 heavy (non-hydrogen) atoms. The Morgan fingerprint density at radius 2 is 2.32 bits per heavy atom. The highest BCUT2D eigenvalue weighted by atomic mass is 32.2. The fraction of sp³-hybridized carbons (Fsp3) is 0.364. The Morgan fingerprint density at radius 1 is 1.53 bits per heavy atom. The van der Waals surface area contributed by atoms with Crippen molar-refractivity contribution in [1.82, 2.24) is 9.71 Å². The summed E-state index contributed by atoms with van der Waals surface area (Å²) >= 11 is 1.41. The monoisotopic (exact) mass is 301 g/mol. The summed E-state index contributed by atoms with van der Waals surface area (Å²) < 4.78 is 32.1. The maximum Gasteiger partial charge on any atom is 0.274 e. The molecule has 0 aliphatic carbocycles. The van der Waals surface area contributed by atoms with E-state index < -0.39 is 10.0 Å². The summed E-state index contributed by atoms with van der Waals surface area (Å²) in [4.78, 5) is 4.13. The first-order chi connectivity index (χ1) is 9.06. The van der Waals surface area contributed by atoms with Gasteiger partial charge in [-0.2, -0.15) is 4.72 Å². The highest BCUT2D eigenvalue weighted by Gasteiger charge is 2.24. The topological polar surface area (TPSA) is 98.2 Å². The van der Waals surface area contributed by atoms with Gasteiger partial charge in [0.1, 0.15) is 10.8 Å². The molecule has 1 unspecified atom stereocenters. The van der Waals surface area contributed by atoms with E-state index >= 15 is 0 Å². The molecule has 0 spiro atoms. The second-order valence-electron chi connectivity index (χ2n) is 3.88. The van der Waals surface area contributed by atoms with Crippen LogP contribution in [0.3, 0.4) is 0 Å². The van der Waals surface area contributed by atoms with E-state index in [2.05, 4.69) is 9.71 Å². The number of sulfonamides is 1. The van der Waals surface area contributed by atoms with E-state index in [0.717, 1.165) is 5.01 Å². The number of aromatic nitrogens is 1. The zero-order valence-corrected chi connectivity index (χ0v) is 12.0. The van der Waals surface area contributed by atoms with Gasteiger partial charge in [-0.25, -0.2) is 13.4 Å². The van der Waals surface area contributed by atoms with E-state index in [-0.39, 0.29) is 17.7 Å². The molecule has 0 saturated heterocycles. The minimum absolute atomic E-state index is 0.122. The molecule has 2 aromatic heterocycles. The van der Waals surface area contributed by atoms with E-state index in [9.17, 15) is 8.42 Å². The number of thiazole rings is 1. The molecule has 2 rings (SSSR count). The zero-order valence-electron chi connectivity index (χ0n) is 10.4. The van der Waals surface area contributed by atoms with Gasteiger partial charge in [0.25, 0.3) is 10.0 Å². The minimum Gasteiger partial charge on any atom is -0.447 e. The lowest BCUT2D eigenvalue weighted by Crippen LogP contribution is -2.28. The van der Waals surface area contributed by atoms with E-state index in [1.54, 1.807) is 12.3 Å². The summed E-state index contributed by atoms with van der Waals surface area (Å²) in [7, 11) is -3.69. The van der Waals surface area contributed by atoms with Crippen molar-refractivity contribution in [3.05, 3.63) is 34.5 Å². The molecule has 0 amide bonds. The number of nitrogens with zero attached hydrogens (tertiary/aromatic N) is 1. The summed E-state index contributed by atoms with van der Waals surface area (Å²) in [5.41, 5.74) is 5.39. The Kier molecular flexibility index (Phi) is 4.35. The lowest BCUT2D eigenvalue weighted by molar-refractivity contribution is 0.409. The van der Waals surface area contributed by atoms with Gasteiger partial charge >= 0.3 is 0 Å². The molecule has 1 atom stereocenters. The second kappa shape index (κ2) is 5.83. The summed E-state index contributed by atoms with van der Waals surface area (Å²) in [6, 6.07) is 2.61. The van der Waals surface area contributed by atoms with E-state index in [0.29, 0.717) is 12.2 Å². The lowest BCUT2D eigenvalue weighted by atomic mass is 10.3. The molecule has 0 radical (unpaired) electrons. The van der Waals surface area contributed by atoms with E-state index in [1.807, 2.05) is 12.3 Å². The van der Waals surface area contributed by atoms with Crippen LogP contribution in [0.15, 0.2) is 33.2 Å². The third-order valence-electron chi connectivity index (χ3n) is 2.56. The molecule has 0 bridgehead atoms. The van der Waals surface area contributed by atoms with Crippen LogP contribution in [0.2, 0.25) is 0 Å². The molecule has 0 aliphatic rings. The molecule has 2 heterocycles. The van der Waals surface area contributed by atoms with Crippen molar-refractivity contribution in [2.75, 3.05) is 0 Å². The molecule has 0 aliphatic heterocycles. The first-order valence-corrected chi connectivity index (χ1v) is 8.13. The van der Waals surface area contributed by atoms with Crippen LogP contribution < -0.4 is 10.5 Å². The van der Waals surface area contributed by atoms with Gasteiger partial charge in [0.15, 0.2) is 0 Å². The summed E-state index contributed by atoms with van der Waals surface area (Å²) in [5.74, 6) is 0.433. The van der Waals surface area contributed by atoms with Gasteiger partial charge in [-0.3, -0.25) is 0 Å². The molecule has 8 heteroatoms. The van der Waals surface area contributed by atoms with Gasteiger partial charge in [0, 0.05) is 11.6 Å². The van der Waals surface area contributed by atoms with Gasteiger partial charge in [0.2, 0.25) is 5.09 Å². The van der Waals surface area contributed by atoms with Crippen molar-refractivity contribution in [2.45, 2.75) is 31.0 Å². The first-order valence-electron chi connectivity index (χ1n) is 5.77. The SMILES string of the molecule is CCC(NS(=O)(=O)c1ccc(CN)o1)c1nccs1. The predicted octanol–water partition coefficient (Wildman–Crippen LogP) is 1.62. The van der Waals surface area contributed by atoms with Gasteiger partial charge < -0.3 is 10.2 Å². The maximum absolute atomic E-state index is 12.2. The van der Waals surface area contributed by atoms with Crippen molar-refractivity contribution >= 4 is 21.4 Å². The average Bonchev–Trinajstić information content (AvgIpc) is 3.06. The quantitative estimate of drug-likeness (QED) is 0.845. The van der Waals surface area contributed by atoms with Crippen molar-refractivity contribution in [3.63, 3.8) is 0 Å². The number of furan rings is 1. The molecular weight excluding hydrogens is 286 g/mol. The van der Waals surface area contributed by atoms with Crippen LogP contribution >= 0.6 is 11.3 Å². The molecule has 6 nitrogen and oxygen atoms in total. The molecule has 0 aromatic carbocycles. The van der Waals surface area contributed by atoms with Gasteiger partial charge in [-0.15, -0.1) is 11.3 Å². The maximum atomic E-state index is 12.2. The van der Waals surface area contributed by atoms with E-state index in [4.69, 9.17) is 10.2 Å². The number of nitrogens with two attached hydrogens (primary N) is 1. The highest BCUT2D eigenvalue weighted by molar-refractivity contribution is 7.89. The Hall–Kier alpha value is -1.22. The third kappa shape index (κ3) is 3.21. The highest BCUT2D eigenvalue weighted by Crippen LogP contribution is 2.22. The molecule has 3 N–H and O–H groups in total. The van der Waals surface area contributed by atoms with Gasteiger partial charge in [0.05, 0.1) is 12.6 Å². The standard InChI is InChI=1S/C11H15N3O3S2/c1-2-9(11-13-5-6-18-11)14-19(15,16)10-4-3-8(7-12)17-10/h3-6,9,14H,2,7,12H2,1H3. The fourth-order valence-corrected chi connectivity index (χ4v) is 3.65. The molecule has 2 aromatic rings. The molecule has 104 valence electrons. The van der Waals surface area contributed by atoms with Crippen LogP contribution in [0.5, 0.6) is 0 Å². The largest absolute Gasteiger partial charge is 0.447 e. The lowest BCUT2D eigenvalue weighted by Gasteiger charge is -2.13. The van der Waals surface area contributed by atoms with Crippen LogP contribution in [-0.2, 0) is 16.6 Å². The normalized spacial score (nSPS) is 13.6. The summed E-state index contributed by atoms with van der Waals surface area (Å²) in [6.07, 6.45) is 2.26. The predicted molar refractivity (Wildman–Crippen MR) is 72.1 cm³/mol. The smallest absolute Gasteiger partial charge is 0.274 e. The number of hydrogen-bond donors (Lipinski definition) is 2. The van der Waals surface area contributed by atoms with Crippen molar-refractivity contribution in [2.24, 2.45) is 5.73 Å². The Morgan fingerprint density at radius 3 is 2.84 bits per heavy atom. The Balaban J connectivity index is 2.20. The van der Waals surface area contributed by atoms with Crippen LogP contribution in [0.4, 0.5) is 0 Å². The van der Waals surface area contributed by atoms with Crippen molar-refractivity contribution in [3.8, 4) is 0 Å². The minimum atomic E-state index is -3.69. The van der Waals surface area contributed by atoms with Crippen LogP contribution in [0, 0.1) is 0 Å². The molecule has 0 fully saturated rings.